The molecular formula is C11H13NO3S2. The van der Waals surface area contributed by atoms with Crippen LogP contribution in [0.1, 0.15) is 29.2 Å². The molecule has 1 aromatic heterocycles. The molecule has 0 spiro atoms. The molecule has 0 unspecified atom stereocenters. The first-order valence-electron chi connectivity index (χ1n) is 5.05. The smallest absolute Gasteiger partial charge is 0.358 e. The monoisotopic (exact) mass is 271 g/mol. The summed E-state index contributed by atoms with van der Waals surface area (Å²) < 4.78 is 4.88. The standard InChI is InChI=1S/C11H13NO3S2/c1-3-15-11(14)10-9(17-7-12-10)5-4-6-16-8(2)13/h4-5,7H,3,6H2,1-2H3. The van der Waals surface area contributed by atoms with Crippen molar-refractivity contribution in [1.82, 2.24) is 4.98 Å². The number of hydrogen-bond acceptors (Lipinski definition) is 6. The highest BCUT2D eigenvalue weighted by Gasteiger charge is 2.13. The van der Waals surface area contributed by atoms with Gasteiger partial charge in [0.25, 0.3) is 0 Å². The van der Waals surface area contributed by atoms with Crippen molar-refractivity contribution in [2.24, 2.45) is 0 Å². The van der Waals surface area contributed by atoms with Gasteiger partial charge in [0.2, 0.25) is 0 Å². The molecule has 0 fully saturated rings. The zero-order chi connectivity index (χ0) is 12.7. The Morgan fingerprint density at radius 3 is 3.00 bits per heavy atom. The van der Waals surface area contributed by atoms with Crippen molar-refractivity contribution in [1.29, 1.82) is 0 Å². The maximum absolute atomic E-state index is 11.5. The van der Waals surface area contributed by atoms with Crippen molar-refractivity contribution in [3.63, 3.8) is 0 Å². The summed E-state index contributed by atoms with van der Waals surface area (Å²) in [4.78, 5) is 26.9. The number of rotatable bonds is 5. The van der Waals surface area contributed by atoms with Crippen molar-refractivity contribution in [3.05, 3.63) is 22.2 Å². The minimum Gasteiger partial charge on any atom is -0.461 e. The van der Waals surface area contributed by atoms with Crippen LogP contribution in [0.5, 0.6) is 0 Å². The van der Waals surface area contributed by atoms with Gasteiger partial charge in [-0.1, -0.05) is 17.8 Å². The van der Waals surface area contributed by atoms with E-state index in [2.05, 4.69) is 4.98 Å². The topological polar surface area (TPSA) is 56.3 Å². The maximum atomic E-state index is 11.5. The van der Waals surface area contributed by atoms with Gasteiger partial charge < -0.3 is 4.74 Å². The summed E-state index contributed by atoms with van der Waals surface area (Å²) >= 11 is 2.59. The van der Waals surface area contributed by atoms with E-state index in [1.165, 1.54) is 30.0 Å². The molecule has 4 nitrogen and oxygen atoms in total. The van der Waals surface area contributed by atoms with E-state index >= 15 is 0 Å². The van der Waals surface area contributed by atoms with Crippen LogP contribution in [0, 0.1) is 0 Å². The second-order valence-corrected chi connectivity index (χ2v) is 5.07. The Balaban J connectivity index is 2.62. The van der Waals surface area contributed by atoms with Crippen LogP contribution in [0.15, 0.2) is 11.6 Å². The average Bonchev–Trinajstić information content (AvgIpc) is 2.72. The van der Waals surface area contributed by atoms with E-state index in [0.29, 0.717) is 18.1 Å². The predicted octanol–water partition coefficient (Wildman–Crippen LogP) is 2.61. The Labute approximate surface area is 108 Å². The number of ether oxygens (including phenoxy) is 1. The number of hydrogen-bond donors (Lipinski definition) is 0. The molecule has 0 N–H and O–H groups in total. The number of thioether (sulfide) groups is 1. The first kappa shape index (κ1) is 13.9. The molecule has 0 aromatic carbocycles. The molecule has 1 heterocycles. The number of carbonyl (C=O) groups is 2. The lowest BCUT2D eigenvalue weighted by Gasteiger charge is -1.98. The molecule has 0 bridgehead atoms. The Bertz CT molecular complexity index is 426. The largest absolute Gasteiger partial charge is 0.461 e. The van der Waals surface area contributed by atoms with Gasteiger partial charge in [-0.2, -0.15) is 0 Å². The molecule has 6 heteroatoms. The summed E-state index contributed by atoms with van der Waals surface area (Å²) in [5.41, 5.74) is 1.94. The van der Waals surface area contributed by atoms with E-state index in [0.717, 1.165) is 4.88 Å². The first-order valence-corrected chi connectivity index (χ1v) is 6.92. The van der Waals surface area contributed by atoms with Gasteiger partial charge in [0, 0.05) is 12.7 Å². The fourth-order valence-corrected chi connectivity index (χ4v) is 2.17. The SMILES string of the molecule is CCOC(=O)c1ncsc1C=CCSC(C)=O. The van der Waals surface area contributed by atoms with Crippen LogP contribution in [0.25, 0.3) is 6.08 Å². The third-order valence-electron chi connectivity index (χ3n) is 1.72. The highest BCUT2D eigenvalue weighted by molar-refractivity contribution is 8.13. The second kappa shape index (κ2) is 7.24. The molecule has 0 saturated heterocycles. The molecule has 0 saturated carbocycles. The minimum absolute atomic E-state index is 0.0737. The number of esters is 1. The Kier molecular flexibility index (Phi) is 5.93. The van der Waals surface area contributed by atoms with Crippen LogP contribution in [0.4, 0.5) is 0 Å². The molecule has 0 amide bonds. The van der Waals surface area contributed by atoms with E-state index in [1.807, 2.05) is 6.08 Å². The van der Waals surface area contributed by atoms with Crippen LogP contribution in [-0.2, 0) is 9.53 Å². The number of aromatic nitrogens is 1. The van der Waals surface area contributed by atoms with Crippen molar-refractivity contribution in [2.45, 2.75) is 13.8 Å². The summed E-state index contributed by atoms with van der Waals surface area (Å²) in [6, 6.07) is 0. The van der Waals surface area contributed by atoms with Crippen LogP contribution < -0.4 is 0 Å². The number of thiazole rings is 1. The van der Waals surface area contributed by atoms with E-state index in [-0.39, 0.29) is 5.12 Å². The molecule has 92 valence electrons. The van der Waals surface area contributed by atoms with E-state index in [4.69, 9.17) is 4.74 Å². The summed E-state index contributed by atoms with van der Waals surface area (Å²) in [6.07, 6.45) is 3.63. The molecule has 0 aliphatic heterocycles. The molecule has 1 aromatic rings. The average molecular weight is 271 g/mol. The summed E-state index contributed by atoms with van der Waals surface area (Å²) in [5.74, 6) is 0.183. The molecule has 0 aliphatic rings. The normalized spacial score (nSPS) is 10.7. The van der Waals surface area contributed by atoms with Crippen LogP contribution in [-0.4, -0.2) is 28.4 Å². The molecule has 17 heavy (non-hydrogen) atoms. The van der Waals surface area contributed by atoms with Crippen molar-refractivity contribution >= 4 is 40.3 Å². The summed E-state index contributed by atoms with van der Waals surface area (Å²) in [7, 11) is 0. The van der Waals surface area contributed by atoms with Gasteiger partial charge in [-0.3, -0.25) is 4.79 Å². The molecule has 1 rings (SSSR count). The molecule has 0 radical (unpaired) electrons. The lowest BCUT2D eigenvalue weighted by molar-refractivity contribution is -0.109. The highest BCUT2D eigenvalue weighted by atomic mass is 32.2. The lowest BCUT2D eigenvalue weighted by atomic mass is 10.3. The third kappa shape index (κ3) is 4.70. The predicted molar refractivity (Wildman–Crippen MR) is 70.2 cm³/mol. The second-order valence-electron chi connectivity index (χ2n) is 2.99. The molecule has 0 atom stereocenters. The van der Waals surface area contributed by atoms with E-state index in [1.54, 1.807) is 18.5 Å². The molecule has 0 aliphatic carbocycles. The summed E-state index contributed by atoms with van der Waals surface area (Å²) in [5, 5.41) is 0.0737. The minimum atomic E-state index is -0.410. The van der Waals surface area contributed by atoms with E-state index < -0.39 is 5.97 Å². The Morgan fingerprint density at radius 2 is 2.35 bits per heavy atom. The summed E-state index contributed by atoms with van der Waals surface area (Å²) in [6.45, 7) is 3.61. The van der Waals surface area contributed by atoms with E-state index in [9.17, 15) is 9.59 Å². The van der Waals surface area contributed by atoms with Gasteiger partial charge in [0.1, 0.15) is 0 Å². The fourth-order valence-electron chi connectivity index (χ4n) is 1.05. The maximum Gasteiger partial charge on any atom is 0.358 e. The van der Waals surface area contributed by atoms with Crippen LogP contribution in [0.2, 0.25) is 0 Å². The Morgan fingerprint density at radius 1 is 1.59 bits per heavy atom. The van der Waals surface area contributed by atoms with Crippen molar-refractivity contribution in [2.75, 3.05) is 12.4 Å². The lowest BCUT2D eigenvalue weighted by Crippen LogP contribution is -2.06. The quantitative estimate of drug-likeness (QED) is 0.770. The zero-order valence-corrected chi connectivity index (χ0v) is 11.3. The van der Waals surface area contributed by atoms with Crippen molar-refractivity contribution in [3.8, 4) is 0 Å². The van der Waals surface area contributed by atoms with Gasteiger partial charge in [-0.05, 0) is 13.0 Å². The van der Waals surface area contributed by atoms with Gasteiger partial charge >= 0.3 is 5.97 Å². The van der Waals surface area contributed by atoms with Crippen LogP contribution in [0.3, 0.4) is 0 Å². The number of carbonyl (C=O) groups excluding carboxylic acids is 2. The highest BCUT2D eigenvalue weighted by Crippen LogP contribution is 2.17. The molecular weight excluding hydrogens is 258 g/mol. The third-order valence-corrected chi connectivity index (χ3v) is 3.28. The van der Waals surface area contributed by atoms with Gasteiger partial charge in [0.05, 0.1) is 17.0 Å². The van der Waals surface area contributed by atoms with Crippen LogP contribution >= 0.6 is 23.1 Å². The number of nitrogens with zero attached hydrogens (tertiary/aromatic N) is 1. The first-order chi connectivity index (χ1) is 8.15. The van der Waals surface area contributed by atoms with Gasteiger partial charge in [-0.25, -0.2) is 9.78 Å². The zero-order valence-electron chi connectivity index (χ0n) is 9.63. The Hall–Kier alpha value is -1.14. The van der Waals surface area contributed by atoms with Gasteiger partial charge in [-0.15, -0.1) is 11.3 Å². The van der Waals surface area contributed by atoms with Crippen molar-refractivity contribution < 1.29 is 14.3 Å². The van der Waals surface area contributed by atoms with Gasteiger partial charge in [0.15, 0.2) is 10.8 Å². The fraction of sp³-hybridized carbons (Fsp3) is 0.364.